The highest BCUT2D eigenvalue weighted by Gasteiger charge is 2.31. The van der Waals surface area contributed by atoms with Crippen molar-refractivity contribution in [2.45, 2.75) is 31.3 Å². The van der Waals surface area contributed by atoms with Gasteiger partial charge in [0.1, 0.15) is 0 Å². The number of hydrogen-bond acceptors (Lipinski definition) is 3. The number of benzene rings is 1. The molecule has 0 radical (unpaired) electrons. The van der Waals surface area contributed by atoms with Gasteiger partial charge in [0.25, 0.3) is 0 Å². The number of sulfonamides is 1. The molecule has 0 amide bonds. The van der Waals surface area contributed by atoms with Gasteiger partial charge in [-0.1, -0.05) is 12.1 Å². The van der Waals surface area contributed by atoms with Crippen molar-refractivity contribution in [3.8, 4) is 0 Å². The highest BCUT2D eigenvalue weighted by molar-refractivity contribution is 7.88. The molecule has 0 aliphatic carbocycles. The van der Waals surface area contributed by atoms with Gasteiger partial charge in [-0.2, -0.15) is 13.2 Å². The number of halogens is 3. The van der Waals surface area contributed by atoms with Crippen molar-refractivity contribution in [1.82, 2.24) is 4.72 Å². The molecular weight excluding hydrogens is 311 g/mol. The lowest BCUT2D eigenvalue weighted by atomic mass is 10.1. The average molecular weight is 325 g/mol. The molecule has 0 bridgehead atoms. The Bertz CT molecular complexity index is 613. The van der Waals surface area contributed by atoms with Crippen molar-refractivity contribution < 1.29 is 31.5 Å². The zero-order chi connectivity index (χ0) is 16.3. The number of hydrogen-bond donors (Lipinski definition) is 2. The monoisotopic (exact) mass is 325 g/mol. The summed E-state index contributed by atoms with van der Waals surface area (Å²) >= 11 is 0. The standard InChI is InChI=1S/C12H14F3NO4S/c1-8(6-12(13,14)15)16-21(19,20)7-9-3-2-4-10(5-9)11(17)18/h2-5,8,16H,6-7H2,1H3,(H,17,18). The molecule has 1 aromatic carbocycles. The highest BCUT2D eigenvalue weighted by atomic mass is 32.2. The number of aromatic carboxylic acids is 1. The van der Waals surface area contributed by atoms with Crippen LogP contribution in [-0.4, -0.2) is 31.7 Å². The summed E-state index contributed by atoms with van der Waals surface area (Å²) in [5, 5.41) is 8.79. The largest absolute Gasteiger partial charge is 0.478 e. The lowest BCUT2D eigenvalue weighted by molar-refractivity contribution is -0.137. The molecule has 2 N–H and O–H groups in total. The Labute approximate surface area is 119 Å². The molecule has 118 valence electrons. The second-order valence-electron chi connectivity index (χ2n) is 4.60. The molecule has 0 saturated heterocycles. The van der Waals surface area contributed by atoms with Crippen LogP contribution in [0.25, 0.3) is 0 Å². The smallest absolute Gasteiger partial charge is 0.390 e. The number of carboxylic acid groups (broad SMARTS) is 1. The third-order valence-electron chi connectivity index (χ3n) is 2.45. The Morgan fingerprint density at radius 2 is 2.00 bits per heavy atom. The van der Waals surface area contributed by atoms with Gasteiger partial charge in [-0.25, -0.2) is 17.9 Å². The maximum absolute atomic E-state index is 12.1. The zero-order valence-corrected chi connectivity index (χ0v) is 11.8. The van der Waals surface area contributed by atoms with E-state index < -0.39 is 40.4 Å². The van der Waals surface area contributed by atoms with E-state index >= 15 is 0 Å². The normalized spacial score (nSPS) is 13.9. The van der Waals surface area contributed by atoms with Gasteiger partial charge in [0.05, 0.1) is 17.7 Å². The first kappa shape index (κ1) is 17.4. The lowest BCUT2D eigenvalue weighted by Crippen LogP contribution is -2.36. The van der Waals surface area contributed by atoms with Crippen molar-refractivity contribution in [2.75, 3.05) is 0 Å². The van der Waals surface area contributed by atoms with Crippen molar-refractivity contribution in [1.29, 1.82) is 0 Å². The van der Waals surface area contributed by atoms with E-state index in [4.69, 9.17) is 5.11 Å². The van der Waals surface area contributed by atoms with Crippen LogP contribution in [0.4, 0.5) is 13.2 Å². The van der Waals surface area contributed by atoms with Gasteiger partial charge in [0.15, 0.2) is 0 Å². The van der Waals surface area contributed by atoms with Crippen LogP contribution in [0.2, 0.25) is 0 Å². The number of alkyl halides is 3. The van der Waals surface area contributed by atoms with Crippen molar-refractivity contribution in [3.05, 3.63) is 35.4 Å². The minimum absolute atomic E-state index is 0.0916. The van der Waals surface area contributed by atoms with Gasteiger partial charge < -0.3 is 5.11 Å². The zero-order valence-electron chi connectivity index (χ0n) is 11.0. The van der Waals surface area contributed by atoms with Crippen LogP contribution in [0.1, 0.15) is 29.3 Å². The molecule has 21 heavy (non-hydrogen) atoms. The van der Waals surface area contributed by atoms with Crippen LogP contribution in [-0.2, 0) is 15.8 Å². The summed E-state index contributed by atoms with van der Waals surface area (Å²) in [5.74, 6) is -1.80. The van der Waals surface area contributed by atoms with Gasteiger partial charge in [-0.05, 0) is 24.6 Å². The molecule has 0 fully saturated rings. The molecular formula is C12H14F3NO4S. The topological polar surface area (TPSA) is 83.5 Å². The molecule has 0 aromatic heterocycles. The van der Waals surface area contributed by atoms with Gasteiger partial charge in [0, 0.05) is 6.04 Å². The summed E-state index contributed by atoms with van der Waals surface area (Å²) < 4.78 is 61.9. The van der Waals surface area contributed by atoms with Crippen LogP contribution in [0.15, 0.2) is 24.3 Å². The average Bonchev–Trinajstić information content (AvgIpc) is 2.24. The SMILES string of the molecule is CC(CC(F)(F)F)NS(=O)(=O)Cc1cccc(C(=O)O)c1. The Morgan fingerprint density at radius 3 is 2.52 bits per heavy atom. The van der Waals surface area contributed by atoms with E-state index in [2.05, 4.69) is 0 Å². The van der Waals surface area contributed by atoms with E-state index in [9.17, 15) is 26.4 Å². The number of carbonyl (C=O) groups is 1. The van der Waals surface area contributed by atoms with E-state index in [-0.39, 0.29) is 11.1 Å². The van der Waals surface area contributed by atoms with E-state index in [1.165, 1.54) is 18.2 Å². The molecule has 0 saturated carbocycles. The fraction of sp³-hybridized carbons (Fsp3) is 0.417. The van der Waals surface area contributed by atoms with Gasteiger partial charge in [0.2, 0.25) is 10.0 Å². The predicted molar refractivity (Wildman–Crippen MR) is 69.3 cm³/mol. The number of rotatable bonds is 6. The van der Waals surface area contributed by atoms with E-state index in [0.29, 0.717) is 0 Å². The van der Waals surface area contributed by atoms with Crippen LogP contribution in [0.5, 0.6) is 0 Å². The van der Waals surface area contributed by atoms with Crippen molar-refractivity contribution in [2.24, 2.45) is 0 Å². The van der Waals surface area contributed by atoms with E-state index in [1.54, 1.807) is 0 Å². The first-order chi connectivity index (χ1) is 9.48. The molecule has 1 atom stereocenters. The van der Waals surface area contributed by atoms with Crippen LogP contribution < -0.4 is 4.72 Å². The second kappa shape index (κ2) is 6.44. The molecule has 5 nitrogen and oxygen atoms in total. The van der Waals surface area contributed by atoms with Gasteiger partial charge >= 0.3 is 12.1 Å². The molecule has 0 spiro atoms. The second-order valence-corrected chi connectivity index (χ2v) is 6.36. The summed E-state index contributed by atoms with van der Waals surface area (Å²) in [6.07, 6.45) is -5.74. The summed E-state index contributed by atoms with van der Waals surface area (Å²) in [7, 11) is -3.99. The molecule has 0 aliphatic heterocycles. The van der Waals surface area contributed by atoms with Crippen LogP contribution >= 0.6 is 0 Å². The van der Waals surface area contributed by atoms with Gasteiger partial charge in [-0.15, -0.1) is 0 Å². The van der Waals surface area contributed by atoms with E-state index in [0.717, 1.165) is 13.0 Å². The first-order valence-electron chi connectivity index (χ1n) is 5.87. The number of nitrogens with one attached hydrogen (secondary N) is 1. The Morgan fingerprint density at radius 1 is 1.38 bits per heavy atom. The molecule has 9 heteroatoms. The fourth-order valence-electron chi connectivity index (χ4n) is 1.75. The van der Waals surface area contributed by atoms with Crippen molar-refractivity contribution in [3.63, 3.8) is 0 Å². The quantitative estimate of drug-likeness (QED) is 0.839. The lowest BCUT2D eigenvalue weighted by Gasteiger charge is -2.16. The Kier molecular flexibility index (Phi) is 5.35. The maximum Gasteiger partial charge on any atom is 0.390 e. The Hall–Kier alpha value is -1.61. The minimum atomic E-state index is -4.47. The van der Waals surface area contributed by atoms with Gasteiger partial charge in [-0.3, -0.25) is 0 Å². The van der Waals surface area contributed by atoms with E-state index in [1.807, 2.05) is 4.72 Å². The fourth-order valence-corrected chi connectivity index (χ4v) is 3.15. The third kappa shape index (κ3) is 6.58. The number of carboxylic acids is 1. The molecule has 1 unspecified atom stereocenters. The first-order valence-corrected chi connectivity index (χ1v) is 7.53. The summed E-state index contributed by atoms with van der Waals surface area (Å²) in [6.45, 7) is 1.11. The molecule has 0 aliphatic rings. The summed E-state index contributed by atoms with van der Waals surface area (Å²) in [5.41, 5.74) is 0.0904. The summed E-state index contributed by atoms with van der Waals surface area (Å²) in [4.78, 5) is 10.8. The van der Waals surface area contributed by atoms with Crippen LogP contribution in [0, 0.1) is 0 Å². The molecule has 1 rings (SSSR count). The third-order valence-corrected chi connectivity index (χ3v) is 3.92. The molecule has 0 heterocycles. The Balaban J connectivity index is 2.77. The van der Waals surface area contributed by atoms with Crippen LogP contribution in [0.3, 0.4) is 0 Å². The highest BCUT2D eigenvalue weighted by Crippen LogP contribution is 2.21. The van der Waals surface area contributed by atoms with Crippen molar-refractivity contribution >= 4 is 16.0 Å². The molecule has 1 aromatic rings. The maximum atomic E-state index is 12.1. The predicted octanol–water partition coefficient (Wildman–Crippen LogP) is 2.15. The summed E-state index contributed by atoms with van der Waals surface area (Å²) in [6, 6.07) is 3.92. The minimum Gasteiger partial charge on any atom is -0.478 e.